The summed E-state index contributed by atoms with van der Waals surface area (Å²) >= 11 is 0. The van der Waals surface area contributed by atoms with Gasteiger partial charge in [-0.1, -0.05) is 19.4 Å². The van der Waals surface area contributed by atoms with Crippen LogP contribution in [0.25, 0.3) is 0 Å². The van der Waals surface area contributed by atoms with Crippen LogP contribution < -0.4 is 11.1 Å². The maximum absolute atomic E-state index is 11.6. The molecule has 0 aliphatic heterocycles. The van der Waals surface area contributed by atoms with Crippen molar-refractivity contribution in [2.45, 2.75) is 38.3 Å². The molecule has 88 valence electrons. The van der Waals surface area contributed by atoms with Gasteiger partial charge in [-0.2, -0.15) is 0 Å². The number of carbonyl (C=O) groups is 1. The lowest BCUT2D eigenvalue weighted by Crippen LogP contribution is -2.46. The highest BCUT2D eigenvalue weighted by Gasteiger charge is 2.16. The van der Waals surface area contributed by atoms with Gasteiger partial charge in [0.15, 0.2) is 0 Å². The Labute approximate surface area is 91.9 Å². The molecule has 0 fully saturated rings. The summed E-state index contributed by atoms with van der Waals surface area (Å²) in [5.41, 5.74) is 5.64. The third-order valence-corrected chi connectivity index (χ3v) is 2.11. The second-order valence-corrected chi connectivity index (χ2v) is 3.58. The molecule has 4 heteroatoms. The molecule has 4 nitrogen and oxygen atoms in total. The summed E-state index contributed by atoms with van der Waals surface area (Å²) in [6.45, 7) is 6.15. The molecule has 3 N–H and O–H groups in total. The van der Waals surface area contributed by atoms with Crippen molar-refractivity contribution in [1.82, 2.24) is 5.32 Å². The van der Waals surface area contributed by atoms with E-state index >= 15 is 0 Å². The van der Waals surface area contributed by atoms with E-state index in [4.69, 9.17) is 10.5 Å². The number of hydrogen-bond acceptors (Lipinski definition) is 3. The predicted octanol–water partition coefficient (Wildman–Crippen LogP) is 0.821. The van der Waals surface area contributed by atoms with Gasteiger partial charge in [0.2, 0.25) is 5.91 Å². The van der Waals surface area contributed by atoms with Gasteiger partial charge in [-0.05, 0) is 12.8 Å². The summed E-state index contributed by atoms with van der Waals surface area (Å²) in [6, 6.07) is -0.443. The van der Waals surface area contributed by atoms with E-state index in [0.29, 0.717) is 13.0 Å². The maximum Gasteiger partial charge on any atom is 0.237 e. The van der Waals surface area contributed by atoms with Crippen molar-refractivity contribution in [3.63, 3.8) is 0 Å². The Morgan fingerprint density at radius 2 is 2.33 bits per heavy atom. The highest BCUT2D eigenvalue weighted by Crippen LogP contribution is 1.98. The molecule has 15 heavy (non-hydrogen) atoms. The fraction of sp³-hybridized carbons (Fsp3) is 0.727. The normalized spacial score (nSPS) is 14.3. The van der Waals surface area contributed by atoms with Crippen molar-refractivity contribution in [2.75, 3.05) is 13.7 Å². The molecule has 0 rings (SSSR count). The van der Waals surface area contributed by atoms with Crippen molar-refractivity contribution in [3.8, 4) is 0 Å². The summed E-state index contributed by atoms with van der Waals surface area (Å²) < 4.78 is 5.02. The number of amides is 1. The Balaban J connectivity index is 4.02. The lowest BCUT2D eigenvalue weighted by Gasteiger charge is -2.19. The third-order valence-electron chi connectivity index (χ3n) is 2.11. The van der Waals surface area contributed by atoms with E-state index in [1.165, 1.54) is 0 Å². The van der Waals surface area contributed by atoms with Gasteiger partial charge in [0.05, 0.1) is 18.7 Å². The van der Waals surface area contributed by atoms with E-state index in [0.717, 1.165) is 12.8 Å². The van der Waals surface area contributed by atoms with Gasteiger partial charge in [0.25, 0.3) is 0 Å². The smallest absolute Gasteiger partial charge is 0.237 e. The van der Waals surface area contributed by atoms with Crippen molar-refractivity contribution in [2.24, 2.45) is 5.73 Å². The summed E-state index contributed by atoms with van der Waals surface area (Å²) in [7, 11) is 1.62. The van der Waals surface area contributed by atoms with Crippen LogP contribution in [0.15, 0.2) is 12.7 Å². The summed E-state index contributed by atoms with van der Waals surface area (Å²) in [5.74, 6) is -0.134. The van der Waals surface area contributed by atoms with E-state index in [1.54, 1.807) is 13.2 Å². The minimum Gasteiger partial charge on any atom is -0.383 e. The Kier molecular flexibility index (Phi) is 7.95. The first kappa shape index (κ1) is 14.1. The number of carbonyl (C=O) groups excluding carboxylic acids is 1. The van der Waals surface area contributed by atoms with Crippen molar-refractivity contribution < 1.29 is 9.53 Å². The molecule has 0 bridgehead atoms. The largest absolute Gasteiger partial charge is 0.383 e. The Bertz CT molecular complexity index is 189. The standard InChI is InChI=1S/C11H22N2O2/c1-4-6-9(8-15-3)13-11(14)10(12)7-5-2/h5,9-10H,2,4,6-8,12H2,1,3H3,(H,13,14). The zero-order valence-electron chi connectivity index (χ0n) is 9.66. The maximum atomic E-state index is 11.6. The SMILES string of the molecule is C=CCC(N)C(=O)NC(CCC)COC. The molecule has 0 aliphatic rings. The zero-order valence-corrected chi connectivity index (χ0v) is 9.66. The molecule has 2 atom stereocenters. The van der Waals surface area contributed by atoms with Crippen molar-refractivity contribution in [3.05, 3.63) is 12.7 Å². The van der Waals surface area contributed by atoms with E-state index in [1.807, 2.05) is 0 Å². The number of methoxy groups -OCH3 is 1. The molecule has 0 heterocycles. The van der Waals surface area contributed by atoms with Crippen LogP contribution in [0, 0.1) is 0 Å². The Morgan fingerprint density at radius 3 is 2.80 bits per heavy atom. The first-order chi connectivity index (χ1) is 7.15. The molecule has 0 aliphatic carbocycles. The van der Waals surface area contributed by atoms with Crippen LogP contribution in [-0.2, 0) is 9.53 Å². The van der Waals surface area contributed by atoms with E-state index in [9.17, 15) is 4.79 Å². The molecular weight excluding hydrogens is 192 g/mol. The lowest BCUT2D eigenvalue weighted by atomic mass is 10.1. The summed E-state index contributed by atoms with van der Waals surface area (Å²) in [6.07, 6.45) is 4.05. The van der Waals surface area contributed by atoms with Crippen LogP contribution in [0.1, 0.15) is 26.2 Å². The topological polar surface area (TPSA) is 64.4 Å². The van der Waals surface area contributed by atoms with Crippen LogP contribution in [0.2, 0.25) is 0 Å². The van der Waals surface area contributed by atoms with Gasteiger partial charge in [-0.25, -0.2) is 0 Å². The zero-order chi connectivity index (χ0) is 11.7. The average Bonchev–Trinajstić information content (AvgIpc) is 2.18. The minimum absolute atomic E-state index is 0.0587. The van der Waals surface area contributed by atoms with Gasteiger partial charge in [-0.15, -0.1) is 6.58 Å². The molecule has 0 aromatic rings. The second kappa shape index (κ2) is 8.44. The van der Waals surface area contributed by atoms with Gasteiger partial charge in [0.1, 0.15) is 0 Å². The second-order valence-electron chi connectivity index (χ2n) is 3.58. The summed E-state index contributed by atoms with van der Waals surface area (Å²) in [5, 5.41) is 2.87. The predicted molar refractivity (Wildman–Crippen MR) is 61.5 cm³/mol. The molecule has 0 saturated heterocycles. The van der Waals surface area contributed by atoms with Crippen LogP contribution >= 0.6 is 0 Å². The first-order valence-electron chi connectivity index (χ1n) is 5.31. The van der Waals surface area contributed by atoms with Crippen LogP contribution in [0.5, 0.6) is 0 Å². The third kappa shape index (κ3) is 6.25. The number of hydrogen-bond donors (Lipinski definition) is 2. The first-order valence-corrected chi connectivity index (χ1v) is 5.31. The minimum atomic E-state index is -0.501. The monoisotopic (exact) mass is 214 g/mol. The van der Waals surface area contributed by atoms with Crippen LogP contribution in [0.3, 0.4) is 0 Å². The molecule has 0 aromatic carbocycles. The molecule has 0 radical (unpaired) electrons. The summed E-state index contributed by atoms with van der Waals surface area (Å²) in [4.78, 5) is 11.6. The molecule has 0 saturated carbocycles. The number of nitrogens with two attached hydrogens (primary N) is 1. The molecule has 0 spiro atoms. The average molecular weight is 214 g/mol. The molecule has 2 unspecified atom stereocenters. The fourth-order valence-corrected chi connectivity index (χ4v) is 1.34. The number of rotatable bonds is 8. The van der Waals surface area contributed by atoms with E-state index < -0.39 is 6.04 Å². The molecule has 0 aromatic heterocycles. The van der Waals surface area contributed by atoms with Gasteiger partial charge >= 0.3 is 0 Å². The Hall–Kier alpha value is -0.870. The van der Waals surface area contributed by atoms with Crippen molar-refractivity contribution in [1.29, 1.82) is 0 Å². The molecular formula is C11H22N2O2. The highest BCUT2D eigenvalue weighted by atomic mass is 16.5. The Morgan fingerprint density at radius 1 is 1.67 bits per heavy atom. The lowest BCUT2D eigenvalue weighted by molar-refractivity contribution is -0.123. The number of ether oxygens (including phenoxy) is 1. The van der Waals surface area contributed by atoms with Gasteiger partial charge < -0.3 is 15.8 Å². The van der Waals surface area contributed by atoms with Gasteiger partial charge in [-0.3, -0.25) is 4.79 Å². The van der Waals surface area contributed by atoms with E-state index in [-0.39, 0.29) is 11.9 Å². The van der Waals surface area contributed by atoms with Crippen LogP contribution in [-0.4, -0.2) is 31.7 Å². The van der Waals surface area contributed by atoms with Crippen LogP contribution in [0.4, 0.5) is 0 Å². The quantitative estimate of drug-likeness (QED) is 0.588. The highest BCUT2D eigenvalue weighted by molar-refractivity contribution is 5.81. The van der Waals surface area contributed by atoms with Gasteiger partial charge in [0, 0.05) is 7.11 Å². The molecule has 1 amide bonds. The number of nitrogens with one attached hydrogen (secondary N) is 1. The van der Waals surface area contributed by atoms with Crippen molar-refractivity contribution >= 4 is 5.91 Å². The van der Waals surface area contributed by atoms with E-state index in [2.05, 4.69) is 18.8 Å². The fourth-order valence-electron chi connectivity index (χ4n) is 1.34.